The van der Waals surface area contributed by atoms with E-state index in [1.54, 1.807) is 11.3 Å². The van der Waals surface area contributed by atoms with Gasteiger partial charge >= 0.3 is 0 Å². The second-order valence-electron chi connectivity index (χ2n) is 3.61. The summed E-state index contributed by atoms with van der Waals surface area (Å²) >= 11 is 1.77. The van der Waals surface area contributed by atoms with Crippen LogP contribution in [0.3, 0.4) is 0 Å². The molecule has 0 aliphatic carbocycles. The number of allylic oxidation sites excluding steroid dienone is 1. The summed E-state index contributed by atoms with van der Waals surface area (Å²) in [5, 5.41) is 2.10. The van der Waals surface area contributed by atoms with Crippen molar-refractivity contribution in [2.24, 2.45) is 0 Å². The fourth-order valence-corrected chi connectivity index (χ4v) is 2.07. The van der Waals surface area contributed by atoms with Crippen LogP contribution in [0.5, 0.6) is 0 Å². The predicted molar refractivity (Wildman–Crippen MR) is 68.2 cm³/mol. The highest BCUT2D eigenvalue weighted by Crippen LogP contribution is 2.11. The van der Waals surface area contributed by atoms with Crippen molar-refractivity contribution >= 4 is 17.4 Å². The van der Waals surface area contributed by atoms with E-state index in [9.17, 15) is 0 Å². The predicted octanol–water partition coefficient (Wildman–Crippen LogP) is 4.31. The quantitative estimate of drug-likeness (QED) is 0.714. The van der Waals surface area contributed by atoms with E-state index >= 15 is 0 Å². The van der Waals surface area contributed by atoms with Gasteiger partial charge in [0.15, 0.2) is 0 Å². The Balaban J connectivity index is 1.96. The molecule has 1 heterocycles. The zero-order chi connectivity index (χ0) is 10.5. The number of aryl methyl sites for hydroxylation is 1. The van der Waals surface area contributed by atoms with Crippen LogP contribution < -0.4 is 0 Å². The third kappa shape index (κ3) is 3.07. The number of thiophene rings is 1. The Labute approximate surface area is 94.9 Å². The second kappa shape index (κ2) is 4.94. The Hall–Kier alpha value is -1.34. The highest BCUT2D eigenvalue weighted by atomic mass is 32.1. The van der Waals surface area contributed by atoms with E-state index in [1.807, 2.05) is 0 Å². The molecule has 2 rings (SSSR count). The monoisotopic (exact) mass is 214 g/mol. The molecule has 0 radical (unpaired) electrons. The Kier molecular flexibility index (Phi) is 3.36. The second-order valence-corrected chi connectivity index (χ2v) is 4.59. The SMILES string of the molecule is Cc1ccc(C/C=C/c2cccs2)cc1. The number of hydrogen-bond acceptors (Lipinski definition) is 1. The molecule has 0 atom stereocenters. The summed E-state index contributed by atoms with van der Waals surface area (Å²) in [6.45, 7) is 2.12. The van der Waals surface area contributed by atoms with Gasteiger partial charge in [0.05, 0.1) is 0 Å². The summed E-state index contributed by atoms with van der Waals surface area (Å²) in [5.74, 6) is 0. The molecule has 0 aliphatic heterocycles. The van der Waals surface area contributed by atoms with Crippen LogP contribution in [0.1, 0.15) is 16.0 Å². The normalized spacial score (nSPS) is 11.0. The minimum Gasteiger partial charge on any atom is -0.144 e. The topological polar surface area (TPSA) is 0 Å². The van der Waals surface area contributed by atoms with Crippen molar-refractivity contribution in [2.45, 2.75) is 13.3 Å². The molecule has 0 unspecified atom stereocenters. The first-order valence-electron chi connectivity index (χ1n) is 5.10. The Morgan fingerprint density at radius 3 is 2.60 bits per heavy atom. The van der Waals surface area contributed by atoms with Crippen molar-refractivity contribution in [3.63, 3.8) is 0 Å². The highest BCUT2D eigenvalue weighted by molar-refractivity contribution is 7.10. The van der Waals surface area contributed by atoms with Gasteiger partial charge in [-0.1, -0.05) is 42.0 Å². The number of hydrogen-bond donors (Lipinski definition) is 0. The van der Waals surface area contributed by atoms with Crippen molar-refractivity contribution in [2.75, 3.05) is 0 Å². The van der Waals surface area contributed by atoms with Gasteiger partial charge in [-0.15, -0.1) is 11.3 Å². The smallest absolute Gasteiger partial charge is 0.0267 e. The molecular formula is C14H14S. The lowest BCUT2D eigenvalue weighted by Gasteiger charge is -1.96. The maximum Gasteiger partial charge on any atom is 0.0267 e. The van der Waals surface area contributed by atoms with Gasteiger partial charge in [0.1, 0.15) is 0 Å². The van der Waals surface area contributed by atoms with Crippen LogP contribution in [-0.4, -0.2) is 0 Å². The van der Waals surface area contributed by atoms with Crippen molar-refractivity contribution in [1.29, 1.82) is 0 Å². The molecule has 1 aromatic heterocycles. The molecular weight excluding hydrogens is 200 g/mol. The molecule has 0 fully saturated rings. The molecule has 0 aliphatic rings. The van der Waals surface area contributed by atoms with Crippen molar-refractivity contribution < 1.29 is 0 Å². The first-order valence-corrected chi connectivity index (χ1v) is 5.98. The molecule has 0 amide bonds. The Morgan fingerprint density at radius 1 is 1.13 bits per heavy atom. The molecule has 1 aromatic carbocycles. The maximum absolute atomic E-state index is 2.22. The lowest BCUT2D eigenvalue weighted by atomic mass is 10.1. The molecule has 0 saturated heterocycles. The van der Waals surface area contributed by atoms with E-state index in [1.165, 1.54) is 16.0 Å². The summed E-state index contributed by atoms with van der Waals surface area (Å²) in [5.41, 5.74) is 2.69. The lowest BCUT2D eigenvalue weighted by Crippen LogP contribution is -1.80. The summed E-state index contributed by atoms with van der Waals surface area (Å²) in [6, 6.07) is 12.9. The van der Waals surface area contributed by atoms with Crippen LogP contribution in [0.2, 0.25) is 0 Å². The zero-order valence-corrected chi connectivity index (χ0v) is 9.63. The summed E-state index contributed by atoms with van der Waals surface area (Å²) in [7, 11) is 0. The van der Waals surface area contributed by atoms with E-state index in [-0.39, 0.29) is 0 Å². The Bertz CT molecular complexity index is 421. The largest absolute Gasteiger partial charge is 0.144 e. The van der Waals surface area contributed by atoms with E-state index in [0.717, 1.165) is 6.42 Å². The lowest BCUT2D eigenvalue weighted by molar-refractivity contribution is 1.26. The number of rotatable bonds is 3. The highest BCUT2D eigenvalue weighted by Gasteiger charge is 1.89. The van der Waals surface area contributed by atoms with E-state index < -0.39 is 0 Å². The van der Waals surface area contributed by atoms with Gasteiger partial charge in [-0.2, -0.15) is 0 Å². The minimum atomic E-state index is 1.01. The van der Waals surface area contributed by atoms with Crippen molar-refractivity contribution in [1.82, 2.24) is 0 Å². The fourth-order valence-electron chi connectivity index (χ4n) is 1.42. The third-order valence-corrected chi connectivity index (χ3v) is 3.14. The van der Waals surface area contributed by atoms with Crippen LogP contribution in [0.25, 0.3) is 6.08 Å². The van der Waals surface area contributed by atoms with Gasteiger partial charge in [-0.3, -0.25) is 0 Å². The number of benzene rings is 1. The molecule has 76 valence electrons. The van der Waals surface area contributed by atoms with Gasteiger partial charge in [-0.05, 0) is 36.4 Å². The molecule has 15 heavy (non-hydrogen) atoms. The average Bonchev–Trinajstić information content (AvgIpc) is 2.74. The standard InChI is InChI=1S/C14H14S/c1-12-7-9-13(10-8-12)4-2-5-14-6-3-11-15-14/h2-3,5-11H,4H2,1H3/b5-2+. The van der Waals surface area contributed by atoms with Crippen molar-refractivity contribution in [3.8, 4) is 0 Å². The minimum absolute atomic E-state index is 1.01. The van der Waals surface area contributed by atoms with Gasteiger partial charge < -0.3 is 0 Å². The molecule has 0 nitrogen and oxygen atoms in total. The molecule has 0 bridgehead atoms. The maximum atomic E-state index is 2.22. The van der Waals surface area contributed by atoms with Crippen LogP contribution >= 0.6 is 11.3 Å². The molecule has 0 spiro atoms. The molecule has 0 N–H and O–H groups in total. The zero-order valence-electron chi connectivity index (χ0n) is 8.81. The first kappa shape index (κ1) is 10.2. The van der Waals surface area contributed by atoms with Gasteiger partial charge in [-0.25, -0.2) is 0 Å². The third-order valence-electron chi connectivity index (χ3n) is 2.30. The van der Waals surface area contributed by atoms with Crippen molar-refractivity contribution in [3.05, 3.63) is 63.9 Å². The van der Waals surface area contributed by atoms with Crippen LogP contribution in [-0.2, 0) is 6.42 Å². The van der Waals surface area contributed by atoms with E-state index in [4.69, 9.17) is 0 Å². The Morgan fingerprint density at radius 2 is 1.93 bits per heavy atom. The van der Waals surface area contributed by atoms with E-state index in [2.05, 4.69) is 60.9 Å². The van der Waals surface area contributed by atoms with Crippen LogP contribution in [0.4, 0.5) is 0 Å². The average molecular weight is 214 g/mol. The van der Waals surface area contributed by atoms with Gasteiger partial charge in [0, 0.05) is 4.88 Å². The molecule has 0 saturated carbocycles. The van der Waals surface area contributed by atoms with Gasteiger partial charge in [0.25, 0.3) is 0 Å². The van der Waals surface area contributed by atoms with Gasteiger partial charge in [0.2, 0.25) is 0 Å². The first-order chi connectivity index (χ1) is 7.34. The summed E-state index contributed by atoms with van der Waals surface area (Å²) in [4.78, 5) is 1.32. The molecule has 1 heteroatoms. The van der Waals surface area contributed by atoms with Crippen LogP contribution in [0.15, 0.2) is 47.9 Å². The van der Waals surface area contributed by atoms with Crippen LogP contribution in [0, 0.1) is 6.92 Å². The molecule has 2 aromatic rings. The van der Waals surface area contributed by atoms with E-state index in [0.29, 0.717) is 0 Å². The summed E-state index contributed by atoms with van der Waals surface area (Å²) in [6.07, 6.45) is 5.42. The summed E-state index contributed by atoms with van der Waals surface area (Å²) < 4.78 is 0. The fraction of sp³-hybridized carbons (Fsp3) is 0.143.